The van der Waals surface area contributed by atoms with E-state index >= 15 is 0 Å². The number of hydroxylamine groups is 2. The number of benzene rings is 1. The lowest BCUT2D eigenvalue weighted by Gasteiger charge is -2.18. The van der Waals surface area contributed by atoms with Crippen LogP contribution in [-0.2, 0) is 9.63 Å². The van der Waals surface area contributed by atoms with Crippen molar-refractivity contribution in [1.82, 2.24) is 5.06 Å². The molecule has 0 saturated carbocycles. The van der Waals surface area contributed by atoms with E-state index in [4.69, 9.17) is 4.84 Å². The summed E-state index contributed by atoms with van der Waals surface area (Å²) in [6.45, 7) is 1.94. The lowest BCUT2D eigenvalue weighted by Crippen LogP contribution is -2.30. The molecule has 4 heteroatoms. The molecule has 0 aromatic heterocycles. The molecule has 4 nitrogen and oxygen atoms in total. The summed E-state index contributed by atoms with van der Waals surface area (Å²) in [5.74, 6) is -0.485. The van der Waals surface area contributed by atoms with Crippen molar-refractivity contribution in [3.8, 4) is 0 Å². The normalized spacial score (nSPS) is 12.3. The number of amides is 1. The number of hydrogen-bond acceptors (Lipinski definition) is 3. The molecular formula is C11H15NO3. The van der Waals surface area contributed by atoms with E-state index < -0.39 is 12.0 Å². The fourth-order valence-electron chi connectivity index (χ4n) is 1.15. The highest BCUT2D eigenvalue weighted by molar-refractivity contribution is 5.80. The third-order valence-corrected chi connectivity index (χ3v) is 2.21. The highest BCUT2D eigenvalue weighted by Crippen LogP contribution is 2.15. The summed E-state index contributed by atoms with van der Waals surface area (Å²) in [4.78, 5) is 16.2. The van der Waals surface area contributed by atoms with Crippen LogP contribution in [0.5, 0.6) is 0 Å². The van der Waals surface area contributed by atoms with Gasteiger partial charge in [0.05, 0.1) is 7.11 Å². The SMILES string of the molecule is CON(C)C(=O)C(O)c1ccc(C)cc1. The molecule has 82 valence electrons. The van der Waals surface area contributed by atoms with Crippen LogP contribution in [0, 0.1) is 6.92 Å². The number of hydrogen-bond donors (Lipinski definition) is 1. The summed E-state index contributed by atoms with van der Waals surface area (Å²) in [7, 11) is 2.83. The van der Waals surface area contributed by atoms with E-state index in [-0.39, 0.29) is 0 Å². The molecule has 0 spiro atoms. The average molecular weight is 209 g/mol. The van der Waals surface area contributed by atoms with Crippen molar-refractivity contribution in [1.29, 1.82) is 0 Å². The fraction of sp³-hybridized carbons (Fsp3) is 0.364. The lowest BCUT2D eigenvalue weighted by molar-refractivity contribution is -0.178. The maximum absolute atomic E-state index is 11.5. The Labute approximate surface area is 89.0 Å². The van der Waals surface area contributed by atoms with Crippen LogP contribution in [0.25, 0.3) is 0 Å². The van der Waals surface area contributed by atoms with Gasteiger partial charge in [-0.25, -0.2) is 5.06 Å². The minimum absolute atomic E-state index is 0.485. The molecule has 0 heterocycles. The topological polar surface area (TPSA) is 49.8 Å². The molecule has 1 rings (SSSR count). The molecule has 0 aliphatic rings. The molecule has 0 fully saturated rings. The van der Waals surface area contributed by atoms with Gasteiger partial charge in [-0.15, -0.1) is 0 Å². The highest BCUT2D eigenvalue weighted by Gasteiger charge is 2.20. The van der Waals surface area contributed by atoms with Gasteiger partial charge in [0.15, 0.2) is 6.10 Å². The first-order valence-corrected chi connectivity index (χ1v) is 4.62. The van der Waals surface area contributed by atoms with Crippen LogP contribution >= 0.6 is 0 Å². The van der Waals surface area contributed by atoms with Crippen LogP contribution in [0.4, 0.5) is 0 Å². The van der Waals surface area contributed by atoms with Gasteiger partial charge >= 0.3 is 0 Å². The molecule has 0 bridgehead atoms. The molecule has 1 unspecified atom stereocenters. The number of nitrogens with zero attached hydrogens (tertiary/aromatic N) is 1. The number of rotatable bonds is 3. The molecule has 1 amide bonds. The Morgan fingerprint density at radius 1 is 1.40 bits per heavy atom. The fourth-order valence-corrected chi connectivity index (χ4v) is 1.15. The Balaban J connectivity index is 2.80. The number of aryl methyl sites for hydroxylation is 1. The van der Waals surface area contributed by atoms with E-state index in [0.29, 0.717) is 5.56 Å². The summed E-state index contributed by atoms with van der Waals surface area (Å²) in [5, 5.41) is 10.7. The Kier molecular flexibility index (Phi) is 3.82. The van der Waals surface area contributed by atoms with Crippen LogP contribution in [0.2, 0.25) is 0 Å². The Morgan fingerprint density at radius 3 is 2.40 bits per heavy atom. The van der Waals surface area contributed by atoms with Gasteiger partial charge in [0.2, 0.25) is 0 Å². The minimum Gasteiger partial charge on any atom is -0.378 e. The van der Waals surface area contributed by atoms with Gasteiger partial charge in [-0.1, -0.05) is 29.8 Å². The van der Waals surface area contributed by atoms with Gasteiger partial charge < -0.3 is 5.11 Å². The van der Waals surface area contributed by atoms with E-state index in [9.17, 15) is 9.90 Å². The third kappa shape index (κ3) is 2.78. The summed E-state index contributed by atoms with van der Waals surface area (Å²) in [6, 6.07) is 7.14. The van der Waals surface area contributed by atoms with Crippen molar-refractivity contribution >= 4 is 5.91 Å². The van der Waals surface area contributed by atoms with Crippen LogP contribution in [0.15, 0.2) is 24.3 Å². The van der Waals surface area contributed by atoms with Crippen LogP contribution in [-0.4, -0.2) is 30.2 Å². The predicted molar refractivity (Wildman–Crippen MR) is 55.9 cm³/mol. The zero-order valence-electron chi connectivity index (χ0n) is 9.10. The second kappa shape index (κ2) is 4.91. The lowest BCUT2D eigenvalue weighted by atomic mass is 10.1. The van der Waals surface area contributed by atoms with Crippen molar-refractivity contribution in [2.24, 2.45) is 0 Å². The molecule has 1 aromatic rings. The molecule has 0 aliphatic carbocycles. The van der Waals surface area contributed by atoms with Gasteiger partial charge in [-0.2, -0.15) is 0 Å². The van der Waals surface area contributed by atoms with E-state index in [1.807, 2.05) is 19.1 Å². The standard InChI is InChI=1S/C11H15NO3/c1-8-4-6-9(7-5-8)10(13)11(14)12(2)15-3/h4-7,10,13H,1-3H3. The number of likely N-dealkylation sites (N-methyl/N-ethyl adjacent to an activating group) is 1. The van der Waals surface area contributed by atoms with Crippen molar-refractivity contribution < 1.29 is 14.7 Å². The maximum Gasteiger partial charge on any atom is 0.279 e. The second-order valence-electron chi connectivity index (χ2n) is 3.33. The van der Waals surface area contributed by atoms with Crippen molar-refractivity contribution in [2.75, 3.05) is 14.2 Å². The molecule has 1 atom stereocenters. The first kappa shape index (κ1) is 11.7. The van der Waals surface area contributed by atoms with E-state index in [2.05, 4.69) is 0 Å². The maximum atomic E-state index is 11.5. The molecular weight excluding hydrogens is 194 g/mol. The number of carbonyl (C=O) groups excluding carboxylic acids is 1. The first-order chi connectivity index (χ1) is 7.06. The van der Waals surface area contributed by atoms with Gasteiger partial charge in [-0.05, 0) is 12.5 Å². The summed E-state index contributed by atoms with van der Waals surface area (Å²) < 4.78 is 0. The Morgan fingerprint density at radius 2 is 1.93 bits per heavy atom. The largest absolute Gasteiger partial charge is 0.378 e. The van der Waals surface area contributed by atoms with Gasteiger partial charge in [0.1, 0.15) is 0 Å². The summed E-state index contributed by atoms with van der Waals surface area (Å²) >= 11 is 0. The third-order valence-electron chi connectivity index (χ3n) is 2.21. The predicted octanol–water partition coefficient (Wildman–Crippen LogP) is 1.05. The minimum atomic E-state index is -1.17. The smallest absolute Gasteiger partial charge is 0.279 e. The first-order valence-electron chi connectivity index (χ1n) is 4.62. The second-order valence-corrected chi connectivity index (χ2v) is 3.33. The monoisotopic (exact) mass is 209 g/mol. The number of aliphatic hydroxyl groups is 1. The van der Waals surface area contributed by atoms with Gasteiger partial charge in [-0.3, -0.25) is 9.63 Å². The van der Waals surface area contributed by atoms with Crippen molar-refractivity contribution in [3.05, 3.63) is 35.4 Å². The van der Waals surface area contributed by atoms with Crippen molar-refractivity contribution in [2.45, 2.75) is 13.0 Å². The quantitative estimate of drug-likeness (QED) is 0.757. The molecule has 0 saturated heterocycles. The summed E-state index contributed by atoms with van der Waals surface area (Å²) in [5.41, 5.74) is 1.65. The van der Waals surface area contributed by atoms with Crippen LogP contribution in [0.1, 0.15) is 17.2 Å². The van der Waals surface area contributed by atoms with Crippen LogP contribution < -0.4 is 0 Å². The molecule has 1 N–H and O–H groups in total. The molecule has 1 aromatic carbocycles. The Bertz CT molecular complexity index is 334. The van der Waals surface area contributed by atoms with Gasteiger partial charge in [0, 0.05) is 7.05 Å². The van der Waals surface area contributed by atoms with Crippen LogP contribution in [0.3, 0.4) is 0 Å². The summed E-state index contributed by atoms with van der Waals surface area (Å²) in [6.07, 6.45) is -1.17. The van der Waals surface area contributed by atoms with Gasteiger partial charge in [0.25, 0.3) is 5.91 Å². The number of aliphatic hydroxyl groups excluding tert-OH is 1. The average Bonchev–Trinajstić information content (AvgIpc) is 2.27. The molecule has 0 radical (unpaired) electrons. The van der Waals surface area contributed by atoms with E-state index in [1.54, 1.807) is 12.1 Å². The molecule has 0 aliphatic heterocycles. The Hall–Kier alpha value is -1.39. The zero-order valence-corrected chi connectivity index (χ0v) is 9.10. The van der Waals surface area contributed by atoms with E-state index in [0.717, 1.165) is 10.6 Å². The number of carbonyl (C=O) groups is 1. The highest BCUT2D eigenvalue weighted by atomic mass is 16.7. The van der Waals surface area contributed by atoms with Crippen molar-refractivity contribution in [3.63, 3.8) is 0 Å². The molecule has 15 heavy (non-hydrogen) atoms. The zero-order chi connectivity index (χ0) is 11.4. The van der Waals surface area contributed by atoms with E-state index in [1.165, 1.54) is 14.2 Å².